The number of carbonyl (C=O) groups excluding carboxylic acids is 1. The third kappa shape index (κ3) is 3.24. The van der Waals surface area contributed by atoms with Crippen molar-refractivity contribution in [2.45, 2.75) is 19.9 Å². The molecule has 2 rings (SSSR count). The van der Waals surface area contributed by atoms with Crippen LogP contribution in [-0.4, -0.2) is 5.91 Å². The first-order valence-electron chi connectivity index (χ1n) is 6.48. The Morgan fingerprint density at radius 2 is 1.90 bits per heavy atom. The highest BCUT2D eigenvalue weighted by Crippen LogP contribution is 2.14. The molecular weight excluding hydrogens is 248 g/mol. The van der Waals surface area contributed by atoms with Crippen molar-refractivity contribution in [1.29, 1.82) is 5.26 Å². The minimum absolute atomic E-state index is 0.0751. The van der Waals surface area contributed by atoms with E-state index in [-0.39, 0.29) is 11.9 Å². The molecule has 0 fully saturated rings. The standard InChI is InChI=1S/C17H16N2O/c1-12-6-8-15(9-7-12)13(2)19-17(20)16-5-3-4-14(10-16)11-18/h3-10,13H,1-2H3,(H,19,20). The van der Waals surface area contributed by atoms with Gasteiger partial charge in [-0.25, -0.2) is 0 Å². The molecule has 0 aliphatic rings. The second-order valence-electron chi connectivity index (χ2n) is 4.80. The van der Waals surface area contributed by atoms with Crippen LogP contribution in [-0.2, 0) is 0 Å². The summed E-state index contributed by atoms with van der Waals surface area (Å²) < 4.78 is 0. The SMILES string of the molecule is Cc1ccc(C(C)NC(=O)c2cccc(C#N)c2)cc1. The third-order valence-electron chi connectivity index (χ3n) is 3.18. The molecule has 2 aromatic rings. The quantitative estimate of drug-likeness (QED) is 0.924. The van der Waals surface area contributed by atoms with Gasteiger partial charge >= 0.3 is 0 Å². The largest absolute Gasteiger partial charge is 0.346 e. The summed E-state index contributed by atoms with van der Waals surface area (Å²) in [5, 5.41) is 11.8. The van der Waals surface area contributed by atoms with E-state index < -0.39 is 0 Å². The van der Waals surface area contributed by atoms with Crippen LogP contribution in [0.3, 0.4) is 0 Å². The fourth-order valence-corrected chi connectivity index (χ4v) is 1.95. The highest BCUT2D eigenvalue weighted by molar-refractivity contribution is 5.94. The maximum Gasteiger partial charge on any atom is 0.251 e. The van der Waals surface area contributed by atoms with Gasteiger partial charge in [0, 0.05) is 5.56 Å². The number of amides is 1. The Hall–Kier alpha value is -2.60. The molecule has 0 saturated carbocycles. The summed E-state index contributed by atoms with van der Waals surface area (Å²) in [4.78, 5) is 12.1. The van der Waals surface area contributed by atoms with Gasteiger partial charge in [-0.1, -0.05) is 35.9 Å². The third-order valence-corrected chi connectivity index (χ3v) is 3.18. The maximum atomic E-state index is 12.1. The fourth-order valence-electron chi connectivity index (χ4n) is 1.95. The molecule has 0 saturated heterocycles. The first-order chi connectivity index (χ1) is 9.60. The number of hydrogen-bond acceptors (Lipinski definition) is 2. The Morgan fingerprint density at radius 1 is 1.20 bits per heavy atom. The molecule has 0 spiro atoms. The van der Waals surface area contributed by atoms with Gasteiger partial charge in [0.05, 0.1) is 17.7 Å². The number of aryl methyl sites for hydroxylation is 1. The maximum absolute atomic E-state index is 12.1. The molecule has 3 heteroatoms. The Kier molecular flexibility index (Phi) is 4.17. The lowest BCUT2D eigenvalue weighted by Gasteiger charge is -2.14. The van der Waals surface area contributed by atoms with Crippen LogP contribution in [0.4, 0.5) is 0 Å². The minimum atomic E-state index is -0.171. The number of nitrogens with zero attached hydrogens (tertiary/aromatic N) is 1. The van der Waals surface area contributed by atoms with Gasteiger partial charge in [0.2, 0.25) is 0 Å². The summed E-state index contributed by atoms with van der Waals surface area (Å²) in [5.74, 6) is -0.171. The Bertz CT molecular complexity index is 653. The van der Waals surface area contributed by atoms with Crippen molar-refractivity contribution in [1.82, 2.24) is 5.32 Å². The second kappa shape index (κ2) is 6.03. The van der Waals surface area contributed by atoms with Crippen LogP contribution < -0.4 is 5.32 Å². The van der Waals surface area contributed by atoms with E-state index in [1.165, 1.54) is 5.56 Å². The molecule has 3 nitrogen and oxygen atoms in total. The van der Waals surface area contributed by atoms with Crippen molar-refractivity contribution < 1.29 is 4.79 Å². The van der Waals surface area contributed by atoms with Gasteiger partial charge in [-0.05, 0) is 37.6 Å². The molecule has 1 unspecified atom stereocenters. The zero-order chi connectivity index (χ0) is 14.5. The predicted octanol–water partition coefficient (Wildman–Crippen LogP) is 3.36. The molecule has 100 valence electrons. The zero-order valence-electron chi connectivity index (χ0n) is 11.6. The van der Waals surface area contributed by atoms with Gasteiger partial charge in [0.1, 0.15) is 0 Å². The number of carbonyl (C=O) groups is 1. The van der Waals surface area contributed by atoms with Crippen molar-refractivity contribution in [3.63, 3.8) is 0 Å². The molecule has 1 N–H and O–H groups in total. The molecule has 0 bridgehead atoms. The van der Waals surface area contributed by atoms with Crippen molar-refractivity contribution in [2.75, 3.05) is 0 Å². The van der Waals surface area contributed by atoms with E-state index in [4.69, 9.17) is 5.26 Å². The topological polar surface area (TPSA) is 52.9 Å². The molecular formula is C17H16N2O. The van der Waals surface area contributed by atoms with Gasteiger partial charge < -0.3 is 5.32 Å². The molecule has 1 amide bonds. The van der Waals surface area contributed by atoms with E-state index in [0.717, 1.165) is 5.56 Å². The average Bonchev–Trinajstić information content (AvgIpc) is 2.47. The lowest BCUT2D eigenvalue weighted by Crippen LogP contribution is -2.26. The molecule has 0 aliphatic heterocycles. The molecule has 0 aromatic heterocycles. The summed E-state index contributed by atoms with van der Waals surface area (Å²) in [7, 11) is 0. The Morgan fingerprint density at radius 3 is 2.55 bits per heavy atom. The average molecular weight is 264 g/mol. The highest BCUT2D eigenvalue weighted by Gasteiger charge is 2.11. The van der Waals surface area contributed by atoms with Crippen LogP contribution in [0, 0.1) is 18.3 Å². The number of nitrogens with one attached hydrogen (secondary N) is 1. The van der Waals surface area contributed by atoms with Gasteiger partial charge in [0.15, 0.2) is 0 Å². The van der Waals surface area contributed by atoms with Gasteiger partial charge in [-0.2, -0.15) is 5.26 Å². The highest BCUT2D eigenvalue weighted by atomic mass is 16.1. The molecule has 1 atom stereocenters. The summed E-state index contributed by atoms with van der Waals surface area (Å²) in [6.45, 7) is 3.97. The normalized spacial score (nSPS) is 11.4. The summed E-state index contributed by atoms with van der Waals surface area (Å²) in [5.41, 5.74) is 3.23. The smallest absolute Gasteiger partial charge is 0.251 e. The van der Waals surface area contributed by atoms with Gasteiger partial charge in [0.25, 0.3) is 5.91 Å². The summed E-state index contributed by atoms with van der Waals surface area (Å²) in [6, 6.07) is 16.7. The number of hydrogen-bond donors (Lipinski definition) is 1. The van der Waals surface area contributed by atoms with Crippen LogP contribution in [0.15, 0.2) is 48.5 Å². The van der Waals surface area contributed by atoms with Crippen LogP contribution >= 0.6 is 0 Å². The van der Waals surface area contributed by atoms with Gasteiger partial charge in [-0.15, -0.1) is 0 Å². The van der Waals surface area contributed by atoms with Crippen molar-refractivity contribution in [3.8, 4) is 6.07 Å². The van der Waals surface area contributed by atoms with E-state index in [2.05, 4.69) is 5.32 Å². The molecule has 0 aliphatic carbocycles. The first kappa shape index (κ1) is 13.8. The number of rotatable bonds is 3. The Labute approximate surface area is 118 Å². The van der Waals surface area contributed by atoms with E-state index in [1.807, 2.05) is 44.2 Å². The van der Waals surface area contributed by atoms with Gasteiger partial charge in [-0.3, -0.25) is 4.79 Å². The minimum Gasteiger partial charge on any atom is -0.346 e. The van der Waals surface area contributed by atoms with E-state index in [1.54, 1.807) is 24.3 Å². The lowest BCUT2D eigenvalue weighted by molar-refractivity contribution is 0.0940. The predicted molar refractivity (Wildman–Crippen MR) is 78.2 cm³/mol. The van der Waals surface area contributed by atoms with Crippen LogP contribution in [0.25, 0.3) is 0 Å². The summed E-state index contributed by atoms with van der Waals surface area (Å²) >= 11 is 0. The fraction of sp³-hybridized carbons (Fsp3) is 0.176. The zero-order valence-corrected chi connectivity index (χ0v) is 11.6. The van der Waals surface area contributed by atoms with Crippen molar-refractivity contribution >= 4 is 5.91 Å². The van der Waals surface area contributed by atoms with E-state index in [0.29, 0.717) is 11.1 Å². The van der Waals surface area contributed by atoms with E-state index in [9.17, 15) is 4.79 Å². The number of benzene rings is 2. The van der Waals surface area contributed by atoms with Crippen LogP contribution in [0.1, 0.15) is 40.0 Å². The first-order valence-corrected chi connectivity index (χ1v) is 6.48. The lowest BCUT2D eigenvalue weighted by atomic mass is 10.1. The Balaban J connectivity index is 2.11. The van der Waals surface area contributed by atoms with E-state index >= 15 is 0 Å². The molecule has 20 heavy (non-hydrogen) atoms. The van der Waals surface area contributed by atoms with Crippen molar-refractivity contribution in [2.24, 2.45) is 0 Å². The van der Waals surface area contributed by atoms with Crippen LogP contribution in [0.2, 0.25) is 0 Å². The summed E-state index contributed by atoms with van der Waals surface area (Å²) in [6.07, 6.45) is 0. The van der Waals surface area contributed by atoms with Crippen LogP contribution in [0.5, 0.6) is 0 Å². The molecule has 2 aromatic carbocycles. The molecule has 0 radical (unpaired) electrons. The second-order valence-corrected chi connectivity index (χ2v) is 4.80. The number of nitriles is 1. The molecule has 0 heterocycles. The monoisotopic (exact) mass is 264 g/mol. The van der Waals surface area contributed by atoms with Crippen molar-refractivity contribution in [3.05, 3.63) is 70.8 Å².